The minimum absolute atomic E-state index is 0.0782. The molecule has 0 unspecified atom stereocenters. The molecule has 0 bridgehead atoms. The van der Waals surface area contributed by atoms with Gasteiger partial charge in [0.1, 0.15) is 11.6 Å². The van der Waals surface area contributed by atoms with Gasteiger partial charge in [0.15, 0.2) is 0 Å². The Bertz CT molecular complexity index is 600. The average molecular weight is 247 g/mol. The zero-order valence-electron chi connectivity index (χ0n) is 11.1. The minimum Gasteiger partial charge on any atom is -0.308 e. The van der Waals surface area contributed by atoms with E-state index in [1.807, 2.05) is 12.1 Å². The van der Waals surface area contributed by atoms with Gasteiger partial charge in [0, 0.05) is 17.0 Å². The molecule has 96 valence electrons. The first-order chi connectivity index (χ1) is 8.32. The zero-order valence-corrected chi connectivity index (χ0v) is 11.1. The van der Waals surface area contributed by atoms with Crippen molar-refractivity contribution < 1.29 is 4.39 Å². The van der Waals surface area contributed by atoms with Crippen LogP contribution in [0.15, 0.2) is 18.2 Å². The van der Waals surface area contributed by atoms with E-state index in [9.17, 15) is 4.39 Å². The predicted molar refractivity (Wildman–Crippen MR) is 72.9 cm³/mol. The first kappa shape index (κ1) is 12.8. The molecule has 3 nitrogen and oxygen atoms in total. The second-order valence-corrected chi connectivity index (χ2v) is 5.57. The number of rotatable bonds is 1. The van der Waals surface area contributed by atoms with Crippen LogP contribution in [-0.2, 0) is 5.41 Å². The van der Waals surface area contributed by atoms with Crippen LogP contribution < -0.4 is 11.3 Å². The lowest BCUT2D eigenvalue weighted by Crippen LogP contribution is -2.19. The van der Waals surface area contributed by atoms with Gasteiger partial charge in [0.2, 0.25) is 0 Å². The Hall–Kier alpha value is -1.68. The number of hydrogen-bond donors (Lipinski definition) is 2. The van der Waals surface area contributed by atoms with Gasteiger partial charge in [-0.25, -0.2) is 15.2 Å². The summed E-state index contributed by atoms with van der Waals surface area (Å²) in [4.78, 5) is 4.39. The van der Waals surface area contributed by atoms with Crippen molar-refractivity contribution in [2.75, 3.05) is 5.43 Å². The van der Waals surface area contributed by atoms with Crippen LogP contribution in [0.4, 0.5) is 10.2 Å². The number of hydrazine groups is 1. The third-order valence-corrected chi connectivity index (χ3v) is 3.04. The number of nitrogens with zero attached hydrogens (tertiary/aromatic N) is 1. The van der Waals surface area contributed by atoms with Crippen molar-refractivity contribution in [3.05, 3.63) is 35.1 Å². The van der Waals surface area contributed by atoms with Gasteiger partial charge >= 0.3 is 0 Å². The molecule has 1 aromatic heterocycles. The maximum Gasteiger partial charge on any atom is 0.144 e. The smallest absolute Gasteiger partial charge is 0.144 e. The van der Waals surface area contributed by atoms with Crippen molar-refractivity contribution in [3.63, 3.8) is 0 Å². The minimum atomic E-state index is -0.249. The van der Waals surface area contributed by atoms with Gasteiger partial charge in [-0.1, -0.05) is 20.8 Å². The fourth-order valence-corrected chi connectivity index (χ4v) is 1.99. The molecule has 2 rings (SSSR count). The van der Waals surface area contributed by atoms with Crippen LogP contribution in [0.3, 0.4) is 0 Å². The average Bonchev–Trinajstić information content (AvgIpc) is 2.28. The normalized spacial score (nSPS) is 11.9. The highest BCUT2D eigenvalue weighted by molar-refractivity contribution is 5.83. The fraction of sp³-hybridized carbons (Fsp3) is 0.357. The molecule has 0 aliphatic rings. The van der Waals surface area contributed by atoms with E-state index in [1.54, 1.807) is 6.92 Å². The van der Waals surface area contributed by atoms with Gasteiger partial charge in [-0.15, -0.1) is 0 Å². The molecule has 2 aromatic rings. The SMILES string of the molecule is Cc1cc2cc(C(C)(C)C)c(NN)nc2cc1F. The van der Waals surface area contributed by atoms with Gasteiger partial charge in [-0.05, 0) is 30.0 Å². The van der Waals surface area contributed by atoms with Gasteiger partial charge in [0.25, 0.3) is 0 Å². The van der Waals surface area contributed by atoms with Crippen LogP contribution in [0.5, 0.6) is 0 Å². The summed E-state index contributed by atoms with van der Waals surface area (Å²) in [5.41, 5.74) is 4.77. The molecular formula is C14H18FN3. The summed E-state index contributed by atoms with van der Waals surface area (Å²) in [7, 11) is 0. The Labute approximate surface area is 106 Å². The molecule has 0 aliphatic heterocycles. The number of nitrogen functional groups attached to an aromatic ring is 1. The van der Waals surface area contributed by atoms with Gasteiger partial charge in [0.05, 0.1) is 5.52 Å². The summed E-state index contributed by atoms with van der Waals surface area (Å²) in [6, 6.07) is 5.27. The lowest BCUT2D eigenvalue weighted by atomic mass is 9.86. The van der Waals surface area contributed by atoms with E-state index in [2.05, 4.69) is 31.2 Å². The van der Waals surface area contributed by atoms with Crippen molar-refractivity contribution in [3.8, 4) is 0 Å². The van der Waals surface area contributed by atoms with E-state index < -0.39 is 0 Å². The number of hydrogen-bond acceptors (Lipinski definition) is 3. The summed E-state index contributed by atoms with van der Waals surface area (Å²) >= 11 is 0. The molecule has 0 radical (unpaired) electrons. The van der Waals surface area contributed by atoms with E-state index in [1.165, 1.54) is 6.07 Å². The molecule has 0 aliphatic carbocycles. The summed E-state index contributed by atoms with van der Waals surface area (Å²) in [5, 5.41) is 0.929. The van der Waals surface area contributed by atoms with Gasteiger partial charge in [-0.2, -0.15) is 0 Å². The summed E-state index contributed by atoms with van der Waals surface area (Å²) in [5.74, 6) is 5.85. The van der Waals surface area contributed by atoms with Crippen molar-refractivity contribution in [1.82, 2.24) is 4.98 Å². The predicted octanol–water partition coefficient (Wildman–Crippen LogP) is 3.27. The fourth-order valence-electron chi connectivity index (χ4n) is 1.99. The number of benzene rings is 1. The highest BCUT2D eigenvalue weighted by Gasteiger charge is 2.20. The number of aryl methyl sites for hydroxylation is 1. The Morgan fingerprint density at radius 1 is 1.22 bits per heavy atom. The zero-order chi connectivity index (χ0) is 13.5. The van der Waals surface area contributed by atoms with Crippen LogP contribution >= 0.6 is 0 Å². The Balaban J connectivity index is 2.77. The molecule has 0 saturated carbocycles. The largest absolute Gasteiger partial charge is 0.308 e. The Kier molecular flexibility index (Phi) is 2.99. The topological polar surface area (TPSA) is 50.9 Å². The second kappa shape index (κ2) is 4.21. The van der Waals surface area contributed by atoms with Crippen LogP contribution in [0, 0.1) is 12.7 Å². The maximum atomic E-state index is 13.5. The van der Waals surface area contributed by atoms with Crippen molar-refractivity contribution in [1.29, 1.82) is 0 Å². The number of fused-ring (bicyclic) bond motifs is 1. The number of pyridine rings is 1. The van der Waals surface area contributed by atoms with Crippen molar-refractivity contribution >= 4 is 16.7 Å². The van der Waals surface area contributed by atoms with Gasteiger partial charge < -0.3 is 5.43 Å². The lowest BCUT2D eigenvalue weighted by molar-refractivity contribution is 0.590. The van der Waals surface area contributed by atoms with Crippen LogP contribution in [0.2, 0.25) is 0 Å². The number of aromatic nitrogens is 1. The summed E-state index contributed by atoms with van der Waals surface area (Å²) < 4.78 is 13.5. The van der Waals surface area contributed by atoms with E-state index in [0.29, 0.717) is 16.9 Å². The number of anilines is 1. The quantitative estimate of drug-likeness (QED) is 0.600. The Morgan fingerprint density at radius 3 is 2.44 bits per heavy atom. The van der Waals surface area contributed by atoms with Crippen molar-refractivity contribution in [2.24, 2.45) is 5.84 Å². The molecule has 1 heterocycles. The van der Waals surface area contributed by atoms with E-state index in [-0.39, 0.29) is 11.2 Å². The first-order valence-electron chi connectivity index (χ1n) is 5.91. The molecular weight excluding hydrogens is 229 g/mol. The molecule has 0 atom stereocenters. The first-order valence-corrected chi connectivity index (χ1v) is 5.91. The molecule has 3 N–H and O–H groups in total. The molecule has 0 spiro atoms. The van der Waals surface area contributed by atoms with Crippen LogP contribution in [0.25, 0.3) is 10.9 Å². The highest BCUT2D eigenvalue weighted by atomic mass is 19.1. The highest BCUT2D eigenvalue weighted by Crippen LogP contribution is 2.31. The van der Waals surface area contributed by atoms with Crippen LogP contribution in [-0.4, -0.2) is 4.98 Å². The molecule has 0 amide bonds. The number of nitrogens with two attached hydrogens (primary N) is 1. The molecule has 18 heavy (non-hydrogen) atoms. The van der Waals surface area contributed by atoms with E-state index >= 15 is 0 Å². The third kappa shape index (κ3) is 2.16. The summed E-state index contributed by atoms with van der Waals surface area (Å²) in [6.07, 6.45) is 0. The maximum absolute atomic E-state index is 13.5. The van der Waals surface area contributed by atoms with Crippen molar-refractivity contribution in [2.45, 2.75) is 33.1 Å². The second-order valence-electron chi connectivity index (χ2n) is 5.57. The Morgan fingerprint density at radius 2 is 1.89 bits per heavy atom. The van der Waals surface area contributed by atoms with E-state index in [4.69, 9.17) is 5.84 Å². The third-order valence-electron chi connectivity index (χ3n) is 3.04. The number of nitrogens with one attached hydrogen (secondary N) is 1. The molecule has 4 heteroatoms. The monoisotopic (exact) mass is 247 g/mol. The standard InChI is InChI=1S/C14H18FN3/c1-8-5-9-6-10(14(2,3)4)13(18-16)17-12(9)7-11(8)15/h5-7H,16H2,1-4H3,(H,17,18). The van der Waals surface area contributed by atoms with E-state index in [0.717, 1.165) is 10.9 Å². The lowest BCUT2D eigenvalue weighted by Gasteiger charge is -2.22. The molecule has 0 fully saturated rings. The summed E-state index contributed by atoms with van der Waals surface area (Å²) in [6.45, 7) is 8.02. The van der Waals surface area contributed by atoms with Gasteiger partial charge in [-0.3, -0.25) is 0 Å². The molecule has 0 saturated heterocycles. The van der Waals surface area contributed by atoms with Crippen LogP contribution in [0.1, 0.15) is 31.9 Å². The molecule has 1 aromatic carbocycles. The number of halogens is 1.